The molecule has 0 spiro atoms. The van der Waals surface area contributed by atoms with Gasteiger partial charge in [-0.25, -0.2) is 0 Å². The maximum absolute atomic E-state index is 12.3. The van der Waals surface area contributed by atoms with Crippen LogP contribution in [0, 0.1) is 0 Å². The lowest BCUT2D eigenvalue weighted by molar-refractivity contribution is -0.145. The Bertz CT molecular complexity index is 553. The Balaban J connectivity index is 2.02. The second-order valence-electron chi connectivity index (χ2n) is 4.97. The van der Waals surface area contributed by atoms with Gasteiger partial charge < -0.3 is 14.7 Å². The summed E-state index contributed by atoms with van der Waals surface area (Å²) < 4.78 is 5.25. The summed E-state index contributed by atoms with van der Waals surface area (Å²) in [5, 5.41) is 10.7. The van der Waals surface area contributed by atoms with Crippen molar-refractivity contribution in [1.82, 2.24) is 4.90 Å². The molecular formula is C14H17NO5S. The molecule has 7 heteroatoms. The molecule has 1 aliphatic heterocycles. The van der Waals surface area contributed by atoms with Crippen molar-refractivity contribution in [3.63, 3.8) is 0 Å². The van der Waals surface area contributed by atoms with Gasteiger partial charge in [-0.3, -0.25) is 14.4 Å². The van der Waals surface area contributed by atoms with Crippen LogP contribution in [0.2, 0.25) is 0 Å². The molecule has 1 N–H and O–H groups in total. The second kappa shape index (κ2) is 6.82. The molecule has 1 atom stereocenters. The summed E-state index contributed by atoms with van der Waals surface area (Å²) in [6, 6.07) is 1.30. The molecule has 114 valence electrons. The van der Waals surface area contributed by atoms with Crippen LogP contribution in [0.5, 0.6) is 0 Å². The first-order chi connectivity index (χ1) is 9.97. The van der Waals surface area contributed by atoms with Gasteiger partial charge in [-0.05, 0) is 23.9 Å². The monoisotopic (exact) mass is 311 g/mol. The number of ether oxygens (including phenoxy) is 1. The smallest absolute Gasteiger partial charge is 0.305 e. The van der Waals surface area contributed by atoms with Gasteiger partial charge in [0.25, 0.3) is 0 Å². The maximum atomic E-state index is 12.3. The zero-order valence-corrected chi connectivity index (χ0v) is 12.5. The third kappa shape index (κ3) is 4.12. The largest absolute Gasteiger partial charge is 0.481 e. The minimum Gasteiger partial charge on any atom is -0.481 e. The van der Waals surface area contributed by atoms with E-state index < -0.39 is 12.0 Å². The highest BCUT2D eigenvalue weighted by Crippen LogP contribution is 2.18. The molecule has 2 rings (SSSR count). The Labute approximate surface area is 126 Å². The van der Waals surface area contributed by atoms with Gasteiger partial charge in [0.15, 0.2) is 5.78 Å². The number of Topliss-reactive ketones (excluding diaryl/α,β-unsaturated/α-hetero) is 1. The summed E-state index contributed by atoms with van der Waals surface area (Å²) >= 11 is 1.32. The van der Waals surface area contributed by atoms with E-state index >= 15 is 0 Å². The number of thiophene rings is 1. The summed E-state index contributed by atoms with van der Waals surface area (Å²) in [4.78, 5) is 36.6. The normalized spacial score (nSPS) is 18.5. The number of amides is 1. The van der Waals surface area contributed by atoms with Crippen molar-refractivity contribution >= 4 is 29.0 Å². The van der Waals surface area contributed by atoms with Crippen molar-refractivity contribution in [2.24, 2.45) is 0 Å². The molecule has 21 heavy (non-hydrogen) atoms. The van der Waals surface area contributed by atoms with Crippen LogP contribution in [-0.2, 0) is 20.7 Å². The van der Waals surface area contributed by atoms with Crippen LogP contribution in [0.3, 0.4) is 0 Å². The molecule has 0 saturated carbocycles. The van der Waals surface area contributed by atoms with Crippen LogP contribution in [0.1, 0.15) is 28.6 Å². The summed E-state index contributed by atoms with van der Waals surface area (Å²) in [6.45, 7) is 2.56. The Morgan fingerprint density at radius 1 is 1.48 bits per heavy atom. The molecule has 1 aromatic rings. The van der Waals surface area contributed by atoms with Crippen LogP contribution in [0.4, 0.5) is 0 Å². The number of aliphatic carboxylic acids is 1. The number of hydrogen-bond acceptors (Lipinski definition) is 5. The predicted molar refractivity (Wildman–Crippen MR) is 76.6 cm³/mol. The number of ketones is 1. The van der Waals surface area contributed by atoms with Crippen molar-refractivity contribution in [3.05, 3.63) is 21.9 Å². The Hall–Kier alpha value is -1.73. The van der Waals surface area contributed by atoms with Gasteiger partial charge in [0.05, 0.1) is 37.0 Å². The van der Waals surface area contributed by atoms with E-state index in [1.807, 2.05) is 0 Å². The lowest BCUT2D eigenvalue weighted by atomic mass is 10.1. The summed E-state index contributed by atoms with van der Waals surface area (Å²) in [5.74, 6) is -1.09. The molecule has 0 bridgehead atoms. The van der Waals surface area contributed by atoms with E-state index in [1.165, 1.54) is 18.3 Å². The van der Waals surface area contributed by atoms with Gasteiger partial charge in [-0.1, -0.05) is 0 Å². The van der Waals surface area contributed by atoms with Crippen molar-refractivity contribution in [2.45, 2.75) is 25.8 Å². The highest BCUT2D eigenvalue weighted by molar-refractivity contribution is 7.12. The van der Waals surface area contributed by atoms with Crippen LogP contribution in [0.25, 0.3) is 0 Å². The third-order valence-corrected chi connectivity index (χ3v) is 4.39. The fourth-order valence-corrected chi connectivity index (χ4v) is 3.10. The zero-order chi connectivity index (χ0) is 15.4. The molecule has 1 amide bonds. The average molecular weight is 311 g/mol. The maximum Gasteiger partial charge on any atom is 0.305 e. The van der Waals surface area contributed by atoms with Gasteiger partial charge in [-0.15, -0.1) is 11.3 Å². The molecule has 1 aromatic heterocycles. The van der Waals surface area contributed by atoms with E-state index in [-0.39, 0.29) is 31.1 Å². The number of carbonyl (C=O) groups is 3. The van der Waals surface area contributed by atoms with Crippen LogP contribution in [0.15, 0.2) is 11.4 Å². The fraction of sp³-hybridized carbons (Fsp3) is 0.500. The van der Waals surface area contributed by atoms with E-state index in [4.69, 9.17) is 9.84 Å². The van der Waals surface area contributed by atoms with Gasteiger partial charge in [0.1, 0.15) is 0 Å². The van der Waals surface area contributed by atoms with Crippen LogP contribution < -0.4 is 0 Å². The highest BCUT2D eigenvalue weighted by atomic mass is 32.1. The van der Waals surface area contributed by atoms with E-state index in [0.717, 1.165) is 5.56 Å². The van der Waals surface area contributed by atoms with Gasteiger partial charge in [0.2, 0.25) is 5.91 Å². The lowest BCUT2D eigenvalue weighted by Gasteiger charge is -2.34. The van der Waals surface area contributed by atoms with Crippen LogP contribution >= 0.6 is 11.3 Å². The quantitative estimate of drug-likeness (QED) is 0.826. The number of rotatable bonds is 5. The Morgan fingerprint density at radius 3 is 2.86 bits per heavy atom. The highest BCUT2D eigenvalue weighted by Gasteiger charge is 2.29. The topological polar surface area (TPSA) is 83.9 Å². The first-order valence-corrected chi connectivity index (χ1v) is 7.52. The summed E-state index contributed by atoms with van der Waals surface area (Å²) in [6.07, 6.45) is 0.0635. The van der Waals surface area contributed by atoms with Crippen molar-refractivity contribution in [3.8, 4) is 0 Å². The molecule has 2 heterocycles. The fourth-order valence-electron chi connectivity index (χ4n) is 2.28. The minimum absolute atomic E-state index is 0.0196. The van der Waals surface area contributed by atoms with E-state index in [2.05, 4.69) is 0 Å². The van der Waals surface area contributed by atoms with Gasteiger partial charge >= 0.3 is 5.97 Å². The molecule has 0 aliphatic carbocycles. The number of carbonyl (C=O) groups excluding carboxylic acids is 2. The summed E-state index contributed by atoms with van der Waals surface area (Å²) in [5.41, 5.74) is 0.788. The number of carboxylic acid groups (broad SMARTS) is 1. The van der Waals surface area contributed by atoms with E-state index in [0.29, 0.717) is 18.0 Å². The Morgan fingerprint density at radius 2 is 2.24 bits per heavy atom. The van der Waals surface area contributed by atoms with Crippen molar-refractivity contribution in [2.75, 3.05) is 19.8 Å². The number of hydrogen-bond donors (Lipinski definition) is 1. The zero-order valence-electron chi connectivity index (χ0n) is 11.7. The molecule has 0 aromatic carbocycles. The second-order valence-corrected chi connectivity index (χ2v) is 5.88. The standard InChI is InChI=1S/C14H17NO5S/c1-9(16)12-4-10(8-21-12)5-13(17)15-2-3-20-7-11(15)6-14(18)19/h4,8,11H,2-3,5-7H2,1H3,(H,18,19). The van der Waals surface area contributed by atoms with Gasteiger partial charge in [-0.2, -0.15) is 0 Å². The number of morpholine rings is 1. The average Bonchev–Trinajstić information content (AvgIpc) is 2.87. The lowest BCUT2D eigenvalue weighted by Crippen LogP contribution is -2.50. The SMILES string of the molecule is CC(=O)c1cc(CC(=O)N2CCOCC2CC(=O)O)cs1. The molecule has 1 aliphatic rings. The first-order valence-electron chi connectivity index (χ1n) is 6.64. The van der Waals surface area contributed by atoms with Crippen LogP contribution in [-0.4, -0.2) is 53.5 Å². The number of carboxylic acids is 1. The van der Waals surface area contributed by atoms with E-state index in [1.54, 1.807) is 16.3 Å². The predicted octanol–water partition coefficient (Wildman–Crippen LogP) is 1.20. The van der Waals surface area contributed by atoms with E-state index in [9.17, 15) is 14.4 Å². The molecule has 6 nitrogen and oxygen atoms in total. The minimum atomic E-state index is -0.947. The van der Waals surface area contributed by atoms with Crippen molar-refractivity contribution in [1.29, 1.82) is 0 Å². The third-order valence-electron chi connectivity index (χ3n) is 3.31. The van der Waals surface area contributed by atoms with Gasteiger partial charge in [0, 0.05) is 6.54 Å². The molecule has 1 unspecified atom stereocenters. The Kier molecular flexibility index (Phi) is 5.08. The van der Waals surface area contributed by atoms with Crippen molar-refractivity contribution < 1.29 is 24.2 Å². The molecule has 1 fully saturated rings. The summed E-state index contributed by atoms with van der Waals surface area (Å²) in [7, 11) is 0. The molecule has 1 saturated heterocycles. The molecule has 0 radical (unpaired) electrons. The molecular weight excluding hydrogens is 294 g/mol. The number of nitrogens with zero attached hydrogens (tertiary/aromatic N) is 1. The first kappa shape index (κ1) is 15.7.